The minimum atomic E-state index is -4.29. The summed E-state index contributed by atoms with van der Waals surface area (Å²) in [5.41, 5.74) is 1.09. The summed E-state index contributed by atoms with van der Waals surface area (Å²) in [6.45, 7) is 5.91. The van der Waals surface area contributed by atoms with E-state index in [1.54, 1.807) is 32.0 Å². The normalized spacial score (nSPS) is 12.2. The zero-order valence-electron chi connectivity index (χ0n) is 22.0. The van der Waals surface area contributed by atoms with Crippen molar-refractivity contribution in [1.29, 1.82) is 0 Å². The fraction of sp³-hybridized carbons (Fsp3) is 0.286. The van der Waals surface area contributed by atoms with E-state index < -0.39 is 40.2 Å². The second kappa shape index (κ2) is 12.8. The van der Waals surface area contributed by atoms with Crippen LogP contribution in [0.4, 0.5) is 10.1 Å². The second-order valence-electron chi connectivity index (χ2n) is 9.40. The molecule has 0 fully saturated rings. The van der Waals surface area contributed by atoms with Crippen LogP contribution in [0.25, 0.3) is 0 Å². The van der Waals surface area contributed by atoms with Crippen LogP contribution in [0, 0.1) is 12.7 Å². The fourth-order valence-corrected chi connectivity index (χ4v) is 5.76. The van der Waals surface area contributed by atoms with Gasteiger partial charge in [0.1, 0.15) is 18.4 Å². The molecule has 0 saturated carbocycles. The van der Waals surface area contributed by atoms with Crippen LogP contribution < -0.4 is 9.62 Å². The Hall–Kier alpha value is -3.14. The number of amides is 2. The van der Waals surface area contributed by atoms with Gasteiger partial charge in [0.2, 0.25) is 11.8 Å². The zero-order chi connectivity index (χ0) is 28.9. The minimum absolute atomic E-state index is 0.0525. The number of carbonyl (C=O) groups excluding carboxylic acids is 2. The minimum Gasteiger partial charge on any atom is -0.352 e. The topological polar surface area (TPSA) is 86.8 Å². The number of carbonyl (C=O) groups is 2. The van der Waals surface area contributed by atoms with Crippen molar-refractivity contribution in [2.45, 2.75) is 51.2 Å². The van der Waals surface area contributed by atoms with Crippen molar-refractivity contribution >= 4 is 50.7 Å². The Bertz CT molecular complexity index is 1430. The SMILES string of the molecule is Cc1ccc(S(=O)(=O)N(CC(=O)N(Cc2ccccc2F)[C@H](C)C(=O)NC(C)C)c2cc(Cl)cc(Cl)c2)cc1. The molecule has 0 spiro atoms. The quantitative estimate of drug-likeness (QED) is 0.332. The highest BCUT2D eigenvalue weighted by atomic mass is 35.5. The lowest BCUT2D eigenvalue weighted by Gasteiger charge is -2.32. The zero-order valence-corrected chi connectivity index (χ0v) is 24.3. The van der Waals surface area contributed by atoms with Crippen LogP contribution >= 0.6 is 23.2 Å². The largest absolute Gasteiger partial charge is 0.352 e. The van der Waals surface area contributed by atoms with Gasteiger partial charge in [0, 0.05) is 28.2 Å². The van der Waals surface area contributed by atoms with E-state index in [2.05, 4.69) is 5.32 Å². The maximum absolute atomic E-state index is 14.6. The van der Waals surface area contributed by atoms with Crippen LogP contribution in [-0.4, -0.2) is 43.8 Å². The summed E-state index contributed by atoms with van der Waals surface area (Å²) in [7, 11) is -4.29. The third-order valence-electron chi connectivity index (χ3n) is 5.92. The molecule has 11 heteroatoms. The van der Waals surface area contributed by atoms with Crippen molar-refractivity contribution in [3.8, 4) is 0 Å². The lowest BCUT2D eigenvalue weighted by Crippen LogP contribution is -2.52. The van der Waals surface area contributed by atoms with E-state index in [0.717, 1.165) is 14.8 Å². The van der Waals surface area contributed by atoms with Crippen molar-refractivity contribution < 1.29 is 22.4 Å². The maximum atomic E-state index is 14.6. The number of halogens is 3. The number of sulfonamides is 1. The molecular weight excluding hydrogens is 564 g/mol. The van der Waals surface area contributed by atoms with E-state index in [4.69, 9.17) is 23.2 Å². The molecule has 208 valence electrons. The summed E-state index contributed by atoms with van der Waals surface area (Å²) in [6.07, 6.45) is 0. The van der Waals surface area contributed by atoms with Gasteiger partial charge in [-0.05, 0) is 64.1 Å². The van der Waals surface area contributed by atoms with Gasteiger partial charge in [-0.3, -0.25) is 13.9 Å². The van der Waals surface area contributed by atoms with Gasteiger partial charge in [0.05, 0.1) is 10.6 Å². The molecule has 0 unspecified atom stereocenters. The average Bonchev–Trinajstić information content (AvgIpc) is 2.85. The molecule has 3 aromatic rings. The number of benzene rings is 3. The molecule has 2 amide bonds. The molecule has 0 heterocycles. The summed E-state index contributed by atoms with van der Waals surface area (Å²) >= 11 is 12.4. The lowest BCUT2D eigenvalue weighted by atomic mass is 10.1. The molecule has 0 aliphatic heterocycles. The predicted octanol–water partition coefficient (Wildman–Crippen LogP) is 5.58. The van der Waals surface area contributed by atoms with Gasteiger partial charge in [-0.15, -0.1) is 0 Å². The molecule has 0 aliphatic rings. The maximum Gasteiger partial charge on any atom is 0.264 e. The van der Waals surface area contributed by atoms with Crippen molar-refractivity contribution in [2.24, 2.45) is 0 Å². The van der Waals surface area contributed by atoms with E-state index in [1.165, 1.54) is 55.5 Å². The van der Waals surface area contributed by atoms with Crippen LogP contribution in [-0.2, 0) is 26.2 Å². The Labute approximate surface area is 238 Å². The van der Waals surface area contributed by atoms with E-state index in [0.29, 0.717) is 0 Å². The van der Waals surface area contributed by atoms with E-state index in [-0.39, 0.29) is 38.8 Å². The summed E-state index contributed by atoms with van der Waals surface area (Å²) in [4.78, 5) is 27.8. The van der Waals surface area contributed by atoms with Crippen molar-refractivity contribution in [3.05, 3.63) is 93.7 Å². The van der Waals surface area contributed by atoms with E-state index >= 15 is 0 Å². The highest BCUT2D eigenvalue weighted by Gasteiger charge is 2.33. The molecule has 3 aromatic carbocycles. The molecular formula is C28H30Cl2FN3O4S. The van der Waals surface area contributed by atoms with Gasteiger partial charge < -0.3 is 10.2 Å². The average molecular weight is 595 g/mol. The van der Waals surface area contributed by atoms with Gasteiger partial charge in [-0.25, -0.2) is 12.8 Å². The molecule has 0 radical (unpaired) electrons. The first-order chi connectivity index (χ1) is 18.3. The Morgan fingerprint density at radius 1 is 0.949 bits per heavy atom. The van der Waals surface area contributed by atoms with Crippen molar-refractivity contribution in [2.75, 3.05) is 10.8 Å². The van der Waals surface area contributed by atoms with Gasteiger partial charge in [-0.2, -0.15) is 0 Å². The standard InChI is InChI=1S/C28H30Cl2FN3O4S/c1-18(2)32-28(36)20(4)33(16-21-7-5-6-8-26(21)31)27(35)17-34(24-14-22(29)13-23(30)15-24)39(37,38)25-11-9-19(3)10-12-25/h5-15,18,20H,16-17H2,1-4H3,(H,32,36)/t20-/m1/s1. The lowest BCUT2D eigenvalue weighted by molar-refractivity contribution is -0.139. The monoisotopic (exact) mass is 593 g/mol. The number of rotatable bonds is 10. The number of hydrogen-bond donors (Lipinski definition) is 1. The summed E-state index contributed by atoms with van der Waals surface area (Å²) < 4.78 is 43.1. The van der Waals surface area contributed by atoms with Crippen molar-refractivity contribution in [1.82, 2.24) is 10.2 Å². The number of nitrogens with one attached hydrogen (secondary N) is 1. The van der Waals surface area contributed by atoms with Gasteiger partial charge in [0.25, 0.3) is 10.0 Å². The summed E-state index contributed by atoms with van der Waals surface area (Å²) in [5, 5.41) is 3.08. The van der Waals surface area contributed by atoms with Gasteiger partial charge in [-0.1, -0.05) is 59.1 Å². The van der Waals surface area contributed by atoms with Crippen molar-refractivity contribution in [3.63, 3.8) is 0 Å². The Morgan fingerprint density at radius 2 is 1.54 bits per heavy atom. The van der Waals surface area contributed by atoms with E-state index in [9.17, 15) is 22.4 Å². The number of aryl methyl sites for hydroxylation is 1. The first-order valence-corrected chi connectivity index (χ1v) is 14.4. The number of anilines is 1. The molecule has 1 atom stereocenters. The number of nitrogens with zero attached hydrogens (tertiary/aromatic N) is 2. The molecule has 0 aliphatic carbocycles. The highest BCUT2D eigenvalue weighted by Crippen LogP contribution is 2.30. The summed E-state index contributed by atoms with van der Waals surface area (Å²) in [5.74, 6) is -1.75. The third-order valence-corrected chi connectivity index (χ3v) is 8.14. The molecule has 0 aromatic heterocycles. The first kappa shape index (κ1) is 30.4. The van der Waals surface area contributed by atoms with Crippen LogP contribution in [0.1, 0.15) is 31.9 Å². The van der Waals surface area contributed by atoms with Crippen LogP contribution in [0.15, 0.2) is 71.6 Å². The molecule has 3 rings (SSSR count). The van der Waals surface area contributed by atoms with Gasteiger partial charge in [0.15, 0.2) is 0 Å². The molecule has 1 N–H and O–H groups in total. The second-order valence-corrected chi connectivity index (χ2v) is 12.1. The Kier molecular flexibility index (Phi) is 9.98. The van der Waals surface area contributed by atoms with Crippen LogP contribution in [0.2, 0.25) is 10.0 Å². The third kappa shape index (κ3) is 7.71. The predicted molar refractivity (Wildman–Crippen MR) is 152 cm³/mol. The first-order valence-electron chi connectivity index (χ1n) is 12.2. The Morgan fingerprint density at radius 3 is 2.10 bits per heavy atom. The summed E-state index contributed by atoms with van der Waals surface area (Å²) in [6, 6.07) is 15.0. The fourth-order valence-electron chi connectivity index (χ4n) is 3.85. The van der Waals surface area contributed by atoms with Crippen LogP contribution in [0.5, 0.6) is 0 Å². The van der Waals surface area contributed by atoms with E-state index in [1.807, 2.05) is 6.92 Å². The molecule has 0 saturated heterocycles. The van der Waals surface area contributed by atoms with Crippen LogP contribution in [0.3, 0.4) is 0 Å². The molecule has 39 heavy (non-hydrogen) atoms. The Balaban J connectivity index is 2.08. The molecule has 7 nitrogen and oxygen atoms in total. The smallest absolute Gasteiger partial charge is 0.264 e. The number of hydrogen-bond acceptors (Lipinski definition) is 4. The highest BCUT2D eigenvalue weighted by molar-refractivity contribution is 7.92. The molecule has 0 bridgehead atoms. The van der Waals surface area contributed by atoms with Gasteiger partial charge >= 0.3 is 0 Å².